The van der Waals surface area contributed by atoms with Crippen molar-refractivity contribution >= 4 is 46.3 Å². The Balaban J connectivity index is 1.87. The molecule has 37 heavy (non-hydrogen) atoms. The summed E-state index contributed by atoms with van der Waals surface area (Å²) in [4.78, 5) is 39.4. The highest BCUT2D eigenvalue weighted by molar-refractivity contribution is 8.01. The molecule has 0 aromatic heterocycles. The summed E-state index contributed by atoms with van der Waals surface area (Å²) >= 11 is 1.13. The van der Waals surface area contributed by atoms with Crippen LogP contribution in [0.5, 0.6) is 0 Å². The Bertz CT molecular complexity index is 1360. The van der Waals surface area contributed by atoms with Crippen LogP contribution in [0.25, 0.3) is 10.8 Å². The lowest BCUT2D eigenvalue weighted by molar-refractivity contribution is -0.123. The van der Waals surface area contributed by atoms with Crippen molar-refractivity contribution in [3.8, 4) is 0 Å². The summed E-state index contributed by atoms with van der Waals surface area (Å²) in [6.45, 7) is 10.3. The van der Waals surface area contributed by atoms with E-state index in [9.17, 15) is 14.4 Å². The van der Waals surface area contributed by atoms with Gasteiger partial charge in [0.25, 0.3) is 5.91 Å². The van der Waals surface area contributed by atoms with Gasteiger partial charge in [-0.25, -0.2) is 15.0 Å². The first-order valence-electron chi connectivity index (χ1n) is 11.9. The third-order valence-electron chi connectivity index (χ3n) is 5.33. The number of hydrogen-bond donors (Lipinski definition) is 2. The molecule has 3 aromatic rings. The number of fused-ring (bicyclic) bond motifs is 2. The molecular formula is C28H31N3O5S. The summed E-state index contributed by atoms with van der Waals surface area (Å²) in [5, 5.41) is 5.81. The molecule has 194 valence electrons. The lowest BCUT2D eigenvalue weighted by Gasteiger charge is -2.39. The van der Waals surface area contributed by atoms with Crippen molar-refractivity contribution in [3.63, 3.8) is 0 Å². The first-order valence-corrected chi connectivity index (χ1v) is 12.7. The van der Waals surface area contributed by atoms with Gasteiger partial charge >= 0.3 is 12.2 Å². The van der Waals surface area contributed by atoms with Gasteiger partial charge in [-0.1, -0.05) is 60.3 Å². The Morgan fingerprint density at radius 3 is 2.16 bits per heavy atom. The Labute approximate surface area is 220 Å². The molecule has 3 aromatic carbocycles. The van der Waals surface area contributed by atoms with Crippen LogP contribution < -0.4 is 10.7 Å². The van der Waals surface area contributed by atoms with Gasteiger partial charge in [0.1, 0.15) is 11.2 Å². The van der Waals surface area contributed by atoms with Crippen molar-refractivity contribution in [1.82, 2.24) is 10.4 Å². The van der Waals surface area contributed by atoms with Gasteiger partial charge in [0.15, 0.2) is 0 Å². The molecule has 0 saturated carbocycles. The van der Waals surface area contributed by atoms with Crippen molar-refractivity contribution in [3.05, 3.63) is 72.3 Å². The fourth-order valence-corrected chi connectivity index (χ4v) is 5.25. The van der Waals surface area contributed by atoms with E-state index in [1.165, 1.54) is 0 Å². The minimum absolute atomic E-state index is 0.500. The van der Waals surface area contributed by atoms with E-state index < -0.39 is 34.2 Å². The van der Waals surface area contributed by atoms with Crippen LogP contribution in [-0.4, -0.2) is 34.3 Å². The van der Waals surface area contributed by atoms with Gasteiger partial charge < -0.3 is 14.8 Å². The van der Waals surface area contributed by atoms with Crippen LogP contribution in [0.2, 0.25) is 0 Å². The van der Waals surface area contributed by atoms with Gasteiger partial charge in [-0.3, -0.25) is 4.79 Å². The average Bonchev–Trinajstić information content (AvgIpc) is 3.06. The Morgan fingerprint density at radius 2 is 1.49 bits per heavy atom. The number of hydrogen-bond acceptors (Lipinski definition) is 6. The van der Waals surface area contributed by atoms with Crippen molar-refractivity contribution < 1.29 is 23.9 Å². The van der Waals surface area contributed by atoms with Crippen molar-refractivity contribution in [2.24, 2.45) is 0 Å². The lowest BCUT2D eigenvalue weighted by atomic mass is 10.1. The molecule has 9 heteroatoms. The minimum atomic E-state index is -1.72. The SMILES string of the molecule is CC(C)(C)OC(=O)NN(C(=O)OC(C)(C)C)C1(Sc2ccc3ccccc3c2)C(=O)Nc2ccccc21. The Hall–Kier alpha value is -3.72. The van der Waals surface area contributed by atoms with E-state index in [1.54, 1.807) is 65.8 Å². The second kappa shape index (κ2) is 9.63. The number of anilines is 1. The van der Waals surface area contributed by atoms with Crippen molar-refractivity contribution in [2.45, 2.75) is 62.5 Å². The second-order valence-electron chi connectivity index (χ2n) is 10.7. The van der Waals surface area contributed by atoms with Gasteiger partial charge in [0.05, 0.1) is 0 Å². The first kappa shape index (κ1) is 26.3. The highest BCUT2D eigenvalue weighted by Gasteiger charge is 2.57. The Kier molecular flexibility index (Phi) is 6.85. The van der Waals surface area contributed by atoms with E-state index in [2.05, 4.69) is 10.7 Å². The van der Waals surface area contributed by atoms with Crippen LogP contribution in [-0.2, 0) is 19.1 Å². The number of nitrogens with one attached hydrogen (secondary N) is 2. The monoisotopic (exact) mass is 521 g/mol. The maximum absolute atomic E-state index is 13.8. The molecule has 8 nitrogen and oxygen atoms in total. The largest absolute Gasteiger partial charge is 0.443 e. The van der Waals surface area contributed by atoms with Crippen molar-refractivity contribution in [2.75, 3.05) is 5.32 Å². The molecule has 1 atom stereocenters. The van der Waals surface area contributed by atoms with Crippen LogP contribution in [0.1, 0.15) is 47.1 Å². The van der Waals surface area contributed by atoms with Crippen LogP contribution >= 0.6 is 11.8 Å². The molecule has 1 unspecified atom stereocenters. The molecule has 0 bridgehead atoms. The zero-order valence-electron chi connectivity index (χ0n) is 21.7. The summed E-state index contributed by atoms with van der Waals surface area (Å²) in [5.74, 6) is -0.506. The quantitative estimate of drug-likeness (QED) is 0.305. The highest BCUT2D eigenvalue weighted by Crippen LogP contribution is 2.51. The molecule has 4 rings (SSSR count). The Morgan fingerprint density at radius 1 is 0.865 bits per heavy atom. The highest BCUT2D eigenvalue weighted by atomic mass is 32.2. The number of hydrazine groups is 1. The molecule has 0 fully saturated rings. The minimum Gasteiger partial charge on any atom is -0.443 e. The number of rotatable bonds is 3. The van der Waals surface area contributed by atoms with Gasteiger partial charge in [0.2, 0.25) is 4.87 Å². The molecule has 0 spiro atoms. The molecule has 0 aliphatic carbocycles. The smallest absolute Gasteiger partial charge is 0.431 e. The number of para-hydroxylation sites is 1. The summed E-state index contributed by atoms with van der Waals surface area (Å²) in [6.07, 6.45) is -1.80. The van der Waals surface area contributed by atoms with E-state index in [0.717, 1.165) is 27.5 Å². The number of carbonyl (C=O) groups excluding carboxylic acids is 3. The van der Waals surface area contributed by atoms with E-state index in [4.69, 9.17) is 9.47 Å². The molecule has 1 aliphatic heterocycles. The van der Waals surface area contributed by atoms with E-state index in [1.807, 2.05) is 42.5 Å². The number of benzene rings is 3. The van der Waals surface area contributed by atoms with Crippen LogP contribution in [0.4, 0.5) is 15.3 Å². The number of carbonyl (C=O) groups is 3. The molecule has 1 aliphatic rings. The summed E-state index contributed by atoms with van der Waals surface area (Å²) in [6, 6.07) is 20.7. The standard InChI is InChI=1S/C28H31N3O5S/c1-26(2,3)35-24(33)30-31(25(34)36-27(4,5)6)28(21-13-9-10-14-22(21)29-23(28)32)37-20-16-15-18-11-7-8-12-19(18)17-20/h7-17H,1-6H3,(H,29,32)(H,30,33). The number of thioether (sulfide) groups is 1. The van der Waals surface area contributed by atoms with Gasteiger partial charge in [0, 0.05) is 16.1 Å². The normalized spacial score (nSPS) is 17.1. The third kappa shape index (κ3) is 5.67. The predicted octanol–water partition coefficient (Wildman–Crippen LogP) is 6.41. The van der Waals surface area contributed by atoms with Gasteiger partial charge in [-0.15, -0.1) is 0 Å². The molecular weight excluding hydrogens is 490 g/mol. The summed E-state index contributed by atoms with van der Waals surface area (Å²) in [5.41, 5.74) is 1.82. The lowest BCUT2D eigenvalue weighted by Crippen LogP contribution is -2.60. The second-order valence-corrected chi connectivity index (χ2v) is 12.0. The van der Waals surface area contributed by atoms with Gasteiger partial charge in [-0.05, 0) is 70.5 Å². The predicted molar refractivity (Wildman–Crippen MR) is 144 cm³/mol. The molecule has 2 N–H and O–H groups in total. The summed E-state index contributed by atoms with van der Waals surface area (Å²) in [7, 11) is 0. The maximum Gasteiger partial charge on any atom is 0.431 e. The number of nitrogens with zero attached hydrogens (tertiary/aromatic N) is 1. The summed E-state index contributed by atoms with van der Waals surface area (Å²) < 4.78 is 11.1. The van der Waals surface area contributed by atoms with E-state index >= 15 is 0 Å². The fourth-order valence-electron chi connectivity index (χ4n) is 3.94. The molecule has 0 saturated heterocycles. The molecule has 1 heterocycles. The number of amides is 3. The topological polar surface area (TPSA) is 97.0 Å². The van der Waals surface area contributed by atoms with Crippen molar-refractivity contribution in [1.29, 1.82) is 0 Å². The first-order chi connectivity index (χ1) is 17.3. The van der Waals surface area contributed by atoms with Crippen LogP contribution in [0.3, 0.4) is 0 Å². The number of ether oxygens (including phenoxy) is 2. The molecule has 0 radical (unpaired) electrons. The fraction of sp³-hybridized carbons (Fsp3) is 0.321. The van der Waals surface area contributed by atoms with E-state index in [0.29, 0.717) is 16.1 Å². The van der Waals surface area contributed by atoms with Gasteiger partial charge in [-0.2, -0.15) is 5.01 Å². The van der Waals surface area contributed by atoms with E-state index in [-0.39, 0.29) is 0 Å². The maximum atomic E-state index is 13.8. The molecule has 3 amide bonds. The zero-order valence-corrected chi connectivity index (χ0v) is 22.6. The third-order valence-corrected chi connectivity index (χ3v) is 6.70. The van der Waals surface area contributed by atoms with Crippen LogP contribution in [0, 0.1) is 0 Å². The zero-order chi connectivity index (χ0) is 27.0. The average molecular weight is 522 g/mol. The van der Waals surface area contributed by atoms with Crippen LogP contribution in [0.15, 0.2) is 71.6 Å².